The molecule has 2 N–H and O–H groups in total. The van der Waals surface area contributed by atoms with E-state index in [1.165, 1.54) is 18.4 Å². The van der Waals surface area contributed by atoms with Crippen LogP contribution >= 0.6 is 38.6 Å². The fraction of sp³-hybridized carbons (Fsp3) is 0.100. The van der Waals surface area contributed by atoms with Gasteiger partial charge in [0.25, 0.3) is 0 Å². The molecule has 0 spiro atoms. The molecule has 0 saturated carbocycles. The average molecular weight is 318 g/mol. The number of nitrogens with two attached hydrogens (primary N) is 1. The van der Waals surface area contributed by atoms with Gasteiger partial charge in [-0.25, -0.2) is 4.79 Å². The second kappa shape index (κ2) is 4.57. The molecule has 0 aliphatic rings. The molecule has 0 aromatic carbocycles. The summed E-state index contributed by atoms with van der Waals surface area (Å²) in [6.07, 6.45) is 0. The normalized spacial score (nSPS) is 10.4. The lowest BCUT2D eigenvalue weighted by atomic mass is 10.1. The molecule has 0 aliphatic heterocycles. The Morgan fingerprint density at radius 3 is 2.75 bits per heavy atom. The molecular formula is C10H8BrNO2S2. The van der Waals surface area contributed by atoms with Gasteiger partial charge in [0, 0.05) is 25.7 Å². The predicted octanol–water partition coefficient (Wildman–Crippen LogP) is 3.61. The number of carbonyl (C=O) groups is 1. The number of esters is 1. The molecule has 2 aromatic rings. The molecule has 0 amide bonds. The highest BCUT2D eigenvalue weighted by molar-refractivity contribution is 9.10. The topological polar surface area (TPSA) is 52.3 Å². The van der Waals surface area contributed by atoms with Gasteiger partial charge in [0.05, 0.1) is 7.11 Å². The predicted molar refractivity (Wildman–Crippen MR) is 71.1 cm³/mol. The van der Waals surface area contributed by atoms with Crippen molar-refractivity contribution >= 4 is 49.6 Å². The van der Waals surface area contributed by atoms with Gasteiger partial charge in [0.1, 0.15) is 10.6 Å². The highest BCUT2D eigenvalue weighted by atomic mass is 79.9. The molecule has 0 bridgehead atoms. The van der Waals surface area contributed by atoms with Crippen molar-refractivity contribution in [3.63, 3.8) is 0 Å². The third kappa shape index (κ3) is 2.00. The van der Waals surface area contributed by atoms with Gasteiger partial charge in [-0.3, -0.25) is 0 Å². The summed E-state index contributed by atoms with van der Waals surface area (Å²) in [6, 6.07) is 1.96. The van der Waals surface area contributed by atoms with Crippen molar-refractivity contribution in [2.45, 2.75) is 0 Å². The van der Waals surface area contributed by atoms with Crippen molar-refractivity contribution in [1.82, 2.24) is 0 Å². The minimum Gasteiger partial charge on any atom is -0.465 e. The van der Waals surface area contributed by atoms with Crippen LogP contribution in [0.5, 0.6) is 0 Å². The van der Waals surface area contributed by atoms with Crippen LogP contribution in [0.3, 0.4) is 0 Å². The highest BCUT2D eigenvalue weighted by Gasteiger charge is 2.19. The summed E-state index contributed by atoms with van der Waals surface area (Å²) in [6.45, 7) is 0. The SMILES string of the molecule is COC(=O)c1c(-c2cc(Br)cs2)csc1N. The maximum Gasteiger partial charge on any atom is 0.341 e. The number of ether oxygens (including phenoxy) is 1. The van der Waals surface area contributed by atoms with E-state index in [-0.39, 0.29) is 0 Å². The second-order valence-electron chi connectivity index (χ2n) is 3.01. The average Bonchev–Trinajstić information content (AvgIpc) is 2.83. The first-order valence-electron chi connectivity index (χ1n) is 4.33. The summed E-state index contributed by atoms with van der Waals surface area (Å²) in [5, 5.41) is 4.33. The zero-order valence-corrected chi connectivity index (χ0v) is 11.5. The van der Waals surface area contributed by atoms with Gasteiger partial charge in [-0.2, -0.15) is 0 Å². The first kappa shape index (κ1) is 11.6. The lowest BCUT2D eigenvalue weighted by Crippen LogP contribution is -2.03. The first-order valence-corrected chi connectivity index (χ1v) is 6.88. The number of nitrogen functional groups attached to an aromatic ring is 1. The molecule has 2 aromatic heterocycles. The fourth-order valence-electron chi connectivity index (χ4n) is 1.32. The second-order valence-corrected chi connectivity index (χ2v) is 5.75. The molecule has 0 saturated heterocycles. The molecular weight excluding hydrogens is 310 g/mol. The number of anilines is 1. The minimum absolute atomic E-state index is 0.390. The van der Waals surface area contributed by atoms with E-state index >= 15 is 0 Å². The van der Waals surface area contributed by atoms with Crippen molar-refractivity contribution < 1.29 is 9.53 Å². The zero-order valence-electron chi connectivity index (χ0n) is 8.32. The Hall–Kier alpha value is -0.850. The molecule has 84 valence electrons. The molecule has 0 aliphatic carbocycles. The Balaban J connectivity index is 2.53. The Morgan fingerprint density at radius 2 is 2.19 bits per heavy atom. The van der Waals surface area contributed by atoms with Crippen molar-refractivity contribution in [3.05, 3.63) is 26.9 Å². The number of methoxy groups -OCH3 is 1. The van der Waals surface area contributed by atoms with Crippen LogP contribution in [0.1, 0.15) is 10.4 Å². The summed E-state index contributed by atoms with van der Waals surface area (Å²) >= 11 is 6.28. The third-order valence-corrected chi connectivity index (χ3v) is 4.58. The Morgan fingerprint density at radius 1 is 1.44 bits per heavy atom. The number of rotatable bonds is 2. The lowest BCUT2D eigenvalue weighted by molar-refractivity contribution is 0.0603. The quantitative estimate of drug-likeness (QED) is 0.861. The van der Waals surface area contributed by atoms with Gasteiger partial charge < -0.3 is 10.5 Å². The molecule has 0 radical (unpaired) electrons. The standard InChI is InChI=1S/C10H8BrNO2S2/c1-14-10(13)8-6(4-16-9(8)12)7-2-5(11)3-15-7/h2-4H,12H2,1H3. The number of hydrogen-bond acceptors (Lipinski definition) is 5. The van der Waals surface area contributed by atoms with Crippen molar-refractivity contribution in [1.29, 1.82) is 0 Å². The summed E-state index contributed by atoms with van der Waals surface area (Å²) in [7, 11) is 1.35. The molecule has 0 unspecified atom stereocenters. The van der Waals surface area contributed by atoms with E-state index in [4.69, 9.17) is 10.5 Å². The molecule has 0 fully saturated rings. The van der Waals surface area contributed by atoms with Crippen molar-refractivity contribution in [2.75, 3.05) is 12.8 Å². The molecule has 0 atom stereocenters. The van der Waals surface area contributed by atoms with Crippen LogP contribution in [0, 0.1) is 0 Å². The Labute approximate surface area is 109 Å². The largest absolute Gasteiger partial charge is 0.465 e. The van der Waals surface area contributed by atoms with E-state index in [2.05, 4.69) is 15.9 Å². The fourth-order valence-corrected chi connectivity index (χ4v) is 3.65. The van der Waals surface area contributed by atoms with E-state index in [9.17, 15) is 4.79 Å². The molecule has 3 nitrogen and oxygen atoms in total. The van der Waals surface area contributed by atoms with Crippen LogP contribution in [-0.4, -0.2) is 13.1 Å². The van der Waals surface area contributed by atoms with E-state index in [1.807, 2.05) is 16.8 Å². The van der Waals surface area contributed by atoms with Gasteiger partial charge in [-0.05, 0) is 22.0 Å². The van der Waals surface area contributed by atoms with Gasteiger partial charge in [-0.15, -0.1) is 22.7 Å². The third-order valence-electron chi connectivity index (χ3n) is 2.04. The smallest absolute Gasteiger partial charge is 0.341 e. The number of halogens is 1. The molecule has 16 heavy (non-hydrogen) atoms. The van der Waals surface area contributed by atoms with Crippen molar-refractivity contribution in [2.24, 2.45) is 0 Å². The lowest BCUT2D eigenvalue weighted by Gasteiger charge is -2.01. The highest BCUT2D eigenvalue weighted by Crippen LogP contribution is 2.38. The monoisotopic (exact) mass is 317 g/mol. The van der Waals surface area contributed by atoms with Crippen LogP contribution in [-0.2, 0) is 4.74 Å². The molecule has 2 heterocycles. The van der Waals surface area contributed by atoms with Crippen LogP contribution in [0.4, 0.5) is 5.00 Å². The van der Waals surface area contributed by atoms with E-state index in [0.29, 0.717) is 10.6 Å². The van der Waals surface area contributed by atoms with Crippen LogP contribution < -0.4 is 5.73 Å². The van der Waals surface area contributed by atoms with Crippen LogP contribution in [0.25, 0.3) is 10.4 Å². The maximum atomic E-state index is 11.6. The van der Waals surface area contributed by atoms with Gasteiger partial charge >= 0.3 is 5.97 Å². The number of hydrogen-bond donors (Lipinski definition) is 1. The minimum atomic E-state index is -0.390. The van der Waals surface area contributed by atoms with Crippen LogP contribution in [0.2, 0.25) is 0 Å². The van der Waals surface area contributed by atoms with E-state index in [1.54, 1.807) is 11.3 Å². The summed E-state index contributed by atoms with van der Waals surface area (Å²) in [4.78, 5) is 12.6. The van der Waals surface area contributed by atoms with Gasteiger partial charge in [0.15, 0.2) is 0 Å². The van der Waals surface area contributed by atoms with E-state index < -0.39 is 5.97 Å². The van der Waals surface area contributed by atoms with Crippen LogP contribution in [0.15, 0.2) is 21.3 Å². The maximum absolute atomic E-state index is 11.6. The zero-order chi connectivity index (χ0) is 11.7. The Kier molecular flexibility index (Phi) is 3.32. The molecule has 2 rings (SSSR count). The van der Waals surface area contributed by atoms with Crippen molar-refractivity contribution in [3.8, 4) is 10.4 Å². The summed E-state index contributed by atoms with van der Waals surface area (Å²) < 4.78 is 5.72. The Bertz CT molecular complexity index is 533. The first-order chi connectivity index (χ1) is 7.63. The summed E-state index contributed by atoms with van der Waals surface area (Å²) in [5.74, 6) is -0.390. The number of thiophene rings is 2. The summed E-state index contributed by atoms with van der Waals surface area (Å²) in [5.41, 5.74) is 7.07. The van der Waals surface area contributed by atoms with Gasteiger partial charge in [-0.1, -0.05) is 0 Å². The van der Waals surface area contributed by atoms with Gasteiger partial charge in [0.2, 0.25) is 0 Å². The number of carbonyl (C=O) groups excluding carboxylic acids is 1. The van der Waals surface area contributed by atoms with E-state index in [0.717, 1.165) is 14.9 Å². The molecule has 6 heteroatoms.